The zero-order valence-electron chi connectivity index (χ0n) is 10.4. The first-order chi connectivity index (χ1) is 9.11. The van der Waals surface area contributed by atoms with Crippen molar-refractivity contribution < 1.29 is 10.2 Å². The third kappa shape index (κ3) is 3.00. The van der Waals surface area contributed by atoms with E-state index in [-0.39, 0.29) is 6.54 Å². The lowest BCUT2D eigenvalue weighted by atomic mass is 10.0. The van der Waals surface area contributed by atoms with Crippen molar-refractivity contribution in [1.82, 2.24) is 4.98 Å². The highest BCUT2D eigenvalue weighted by atomic mass is 16.3. The van der Waals surface area contributed by atoms with Gasteiger partial charge in [-0.1, -0.05) is 17.2 Å². The van der Waals surface area contributed by atoms with Crippen molar-refractivity contribution in [3.8, 4) is 0 Å². The van der Waals surface area contributed by atoms with Gasteiger partial charge in [-0.05, 0) is 36.2 Å². The molecule has 2 N–H and O–H groups in total. The number of hydrogen-bond donors (Lipinski definition) is 2. The summed E-state index contributed by atoms with van der Waals surface area (Å²) >= 11 is 0. The molecule has 2 unspecified atom stereocenters. The third-order valence-electron chi connectivity index (χ3n) is 2.89. The molecule has 0 saturated carbocycles. The molecule has 0 aliphatic rings. The monoisotopic (exact) mass is 258 g/mol. The normalized spacial score (nSPS) is 13.8. The van der Waals surface area contributed by atoms with Crippen molar-refractivity contribution in [3.05, 3.63) is 52.0 Å². The van der Waals surface area contributed by atoms with Gasteiger partial charge in [0.25, 0.3) is 0 Å². The van der Waals surface area contributed by atoms with Gasteiger partial charge in [-0.2, -0.15) is 0 Å². The summed E-state index contributed by atoms with van der Waals surface area (Å²) in [6, 6.07) is 9.06. The summed E-state index contributed by atoms with van der Waals surface area (Å²) in [7, 11) is 0. The molecule has 2 aromatic rings. The molecule has 6 nitrogen and oxygen atoms in total. The summed E-state index contributed by atoms with van der Waals surface area (Å²) in [4.78, 5) is 6.92. The Hall–Kier alpha value is -2.14. The molecule has 1 aromatic carbocycles. The molecule has 1 aromatic heterocycles. The largest absolute Gasteiger partial charge is 0.390 e. The van der Waals surface area contributed by atoms with E-state index in [1.165, 1.54) is 0 Å². The maximum atomic E-state index is 9.98. The van der Waals surface area contributed by atoms with Crippen molar-refractivity contribution in [2.75, 3.05) is 6.54 Å². The lowest BCUT2D eigenvalue weighted by molar-refractivity contribution is 0.0245. The van der Waals surface area contributed by atoms with Gasteiger partial charge in [0.15, 0.2) is 0 Å². The predicted molar refractivity (Wildman–Crippen MR) is 71.5 cm³/mol. The average molecular weight is 258 g/mol. The second-order valence-corrected chi connectivity index (χ2v) is 4.33. The number of azide groups is 1. The van der Waals surface area contributed by atoms with E-state index in [9.17, 15) is 10.2 Å². The Labute approximate surface area is 110 Å². The second-order valence-electron chi connectivity index (χ2n) is 4.33. The highest BCUT2D eigenvalue weighted by molar-refractivity contribution is 5.79. The lowest BCUT2D eigenvalue weighted by Crippen LogP contribution is -2.21. The van der Waals surface area contributed by atoms with Gasteiger partial charge in [0.2, 0.25) is 0 Å². The number of hydrogen-bond acceptors (Lipinski definition) is 4. The van der Waals surface area contributed by atoms with Gasteiger partial charge in [-0.3, -0.25) is 4.98 Å². The topological polar surface area (TPSA) is 102 Å². The van der Waals surface area contributed by atoms with Crippen molar-refractivity contribution >= 4 is 10.9 Å². The Balaban J connectivity index is 2.29. The number of aliphatic hydroxyl groups is 2. The molecule has 98 valence electrons. The van der Waals surface area contributed by atoms with E-state index < -0.39 is 12.2 Å². The molecule has 1 heterocycles. The van der Waals surface area contributed by atoms with E-state index in [0.717, 1.165) is 16.6 Å². The summed E-state index contributed by atoms with van der Waals surface area (Å²) in [6.45, 7) is 1.74. The van der Waals surface area contributed by atoms with Gasteiger partial charge in [0.05, 0.1) is 18.2 Å². The predicted octanol–water partition coefficient (Wildman–Crippen LogP) is 2.25. The fourth-order valence-corrected chi connectivity index (χ4v) is 1.87. The Morgan fingerprint density at radius 2 is 2.11 bits per heavy atom. The summed E-state index contributed by atoms with van der Waals surface area (Å²) in [5.41, 5.74) is 10.5. The number of nitrogens with zero attached hydrogens (tertiary/aromatic N) is 4. The molecular formula is C13H14N4O2. The van der Waals surface area contributed by atoms with Gasteiger partial charge >= 0.3 is 0 Å². The van der Waals surface area contributed by atoms with Gasteiger partial charge in [-0.15, -0.1) is 0 Å². The molecule has 0 spiro atoms. The highest BCUT2D eigenvalue weighted by Gasteiger charge is 2.17. The van der Waals surface area contributed by atoms with Crippen molar-refractivity contribution in [3.63, 3.8) is 0 Å². The van der Waals surface area contributed by atoms with Gasteiger partial charge in [0, 0.05) is 16.0 Å². The van der Waals surface area contributed by atoms with Gasteiger partial charge < -0.3 is 10.2 Å². The van der Waals surface area contributed by atoms with Crippen LogP contribution < -0.4 is 0 Å². The number of aromatic nitrogens is 1. The molecule has 0 aliphatic carbocycles. The van der Waals surface area contributed by atoms with E-state index in [2.05, 4.69) is 15.0 Å². The Bertz CT molecular complexity index is 638. The molecule has 0 radical (unpaired) electrons. The van der Waals surface area contributed by atoms with Crippen LogP contribution in [-0.4, -0.2) is 27.8 Å². The van der Waals surface area contributed by atoms with E-state index in [1.807, 2.05) is 19.1 Å². The van der Waals surface area contributed by atoms with Crippen LogP contribution in [0.3, 0.4) is 0 Å². The lowest BCUT2D eigenvalue weighted by Gasteiger charge is -2.16. The van der Waals surface area contributed by atoms with E-state index in [1.54, 1.807) is 18.2 Å². The molecule has 0 amide bonds. The molecule has 2 rings (SSSR count). The van der Waals surface area contributed by atoms with E-state index >= 15 is 0 Å². The van der Waals surface area contributed by atoms with Crippen LogP contribution in [-0.2, 0) is 0 Å². The molecular weight excluding hydrogens is 244 g/mol. The summed E-state index contributed by atoms with van der Waals surface area (Å²) < 4.78 is 0. The molecule has 0 aliphatic heterocycles. The summed E-state index contributed by atoms with van der Waals surface area (Å²) in [5, 5.41) is 23.8. The van der Waals surface area contributed by atoms with Crippen LogP contribution in [0, 0.1) is 6.92 Å². The van der Waals surface area contributed by atoms with E-state index in [0.29, 0.717) is 5.56 Å². The summed E-state index contributed by atoms with van der Waals surface area (Å²) in [6.07, 6.45) is -2.21. The Morgan fingerprint density at radius 1 is 1.32 bits per heavy atom. The van der Waals surface area contributed by atoms with Crippen LogP contribution in [0.2, 0.25) is 0 Å². The number of fused-ring (bicyclic) bond motifs is 1. The van der Waals surface area contributed by atoms with Crippen LogP contribution in [0.15, 0.2) is 35.4 Å². The van der Waals surface area contributed by atoms with E-state index in [4.69, 9.17) is 5.53 Å². The maximum absolute atomic E-state index is 9.98. The molecule has 6 heteroatoms. The number of rotatable bonds is 4. The number of benzene rings is 1. The zero-order chi connectivity index (χ0) is 13.8. The molecule has 19 heavy (non-hydrogen) atoms. The van der Waals surface area contributed by atoms with Crippen LogP contribution in [0.1, 0.15) is 17.4 Å². The number of aryl methyl sites for hydroxylation is 1. The first-order valence-electron chi connectivity index (χ1n) is 5.86. The van der Waals surface area contributed by atoms with Gasteiger partial charge in [-0.25, -0.2) is 0 Å². The second kappa shape index (κ2) is 5.67. The molecule has 0 fully saturated rings. The minimum Gasteiger partial charge on any atom is -0.390 e. The fourth-order valence-electron chi connectivity index (χ4n) is 1.87. The Kier molecular flexibility index (Phi) is 3.97. The van der Waals surface area contributed by atoms with Crippen molar-refractivity contribution in [2.24, 2.45) is 5.11 Å². The summed E-state index contributed by atoms with van der Waals surface area (Å²) in [5.74, 6) is 0. The smallest absolute Gasteiger partial charge is 0.105 e. The zero-order valence-corrected chi connectivity index (χ0v) is 10.4. The number of pyridine rings is 1. The quantitative estimate of drug-likeness (QED) is 0.499. The van der Waals surface area contributed by atoms with Crippen LogP contribution in [0.25, 0.3) is 21.3 Å². The van der Waals surface area contributed by atoms with Crippen molar-refractivity contribution in [2.45, 2.75) is 19.1 Å². The first-order valence-corrected chi connectivity index (χ1v) is 5.86. The minimum absolute atomic E-state index is 0.165. The van der Waals surface area contributed by atoms with Crippen molar-refractivity contribution in [1.29, 1.82) is 0 Å². The fraction of sp³-hybridized carbons (Fsp3) is 0.308. The number of aliphatic hydroxyl groups excluding tert-OH is 2. The highest BCUT2D eigenvalue weighted by Crippen LogP contribution is 2.22. The standard InChI is InChI=1S/C13H14N4O2/c1-8-2-3-9-6-10(4-5-11(9)16-8)13(19)12(18)7-15-17-14/h2-6,12-13,18-19H,7H2,1H3. The Morgan fingerprint density at radius 3 is 2.84 bits per heavy atom. The van der Waals surface area contributed by atoms with Crippen LogP contribution in [0.5, 0.6) is 0 Å². The maximum Gasteiger partial charge on any atom is 0.105 e. The average Bonchev–Trinajstić information content (AvgIpc) is 2.43. The first kappa shape index (κ1) is 13.3. The third-order valence-corrected chi connectivity index (χ3v) is 2.89. The molecule has 0 saturated heterocycles. The molecule has 2 atom stereocenters. The SMILES string of the molecule is Cc1ccc2cc(C(O)C(O)CN=[N+]=[N-])ccc2n1. The van der Waals surface area contributed by atoms with Crippen LogP contribution in [0.4, 0.5) is 0 Å². The minimum atomic E-state index is -1.12. The van der Waals surface area contributed by atoms with Gasteiger partial charge in [0.1, 0.15) is 6.10 Å². The molecule has 0 bridgehead atoms. The van der Waals surface area contributed by atoms with Crippen LogP contribution >= 0.6 is 0 Å².